The lowest BCUT2D eigenvalue weighted by Crippen LogP contribution is -2.09. The molecule has 0 aliphatic carbocycles. The Morgan fingerprint density at radius 1 is 1.17 bits per heavy atom. The van der Waals surface area contributed by atoms with Crippen LogP contribution in [0.2, 0.25) is 0 Å². The maximum absolute atomic E-state index is 11.5. The van der Waals surface area contributed by atoms with Gasteiger partial charge in [-0.05, 0) is 30.7 Å². The highest BCUT2D eigenvalue weighted by molar-refractivity contribution is 7.86. The van der Waals surface area contributed by atoms with Crippen molar-refractivity contribution in [1.82, 2.24) is 0 Å². The molecule has 2 aromatic carbocycles. The zero-order valence-corrected chi connectivity index (χ0v) is 13.7. The molecule has 0 saturated carbocycles. The highest BCUT2D eigenvalue weighted by Gasteiger charge is 2.19. The van der Waals surface area contributed by atoms with Gasteiger partial charge in [0, 0.05) is 11.5 Å². The molecule has 1 unspecified atom stereocenters. The SMILES string of the molecule is C/C=C/C(c1ccccc1)c1cc(C#N)ccc1OS(C)(=O)=O. The summed E-state index contributed by atoms with van der Waals surface area (Å²) in [6, 6.07) is 16.5. The molecule has 0 fully saturated rings. The van der Waals surface area contributed by atoms with E-state index in [0.717, 1.165) is 11.8 Å². The van der Waals surface area contributed by atoms with Crippen LogP contribution >= 0.6 is 0 Å². The summed E-state index contributed by atoms with van der Waals surface area (Å²) in [6.45, 7) is 1.89. The minimum absolute atomic E-state index is 0.203. The van der Waals surface area contributed by atoms with Gasteiger partial charge in [0.25, 0.3) is 0 Å². The van der Waals surface area contributed by atoms with Gasteiger partial charge in [-0.1, -0.05) is 42.5 Å². The van der Waals surface area contributed by atoms with Crippen LogP contribution in [0.15, 0.2) is 60.7 Å². The average Bonchev–Trinajstić information content (AvgIpc) is 2.53. The third-order valence-corrected chi connectivity index (χ3v) is 3.74. The summed E-state index contributed by atoms with van der Waals surface area (Å²) in [6.07, 6.45) is 4.84. The summed E-state index contributed by atoms with van der Waals surface area (Å²) < 4.78 is 28.1. The molecule has 1 atom stereocenters. The smallest absolute Gasteiger partial charge is 0.306 e. The number of allylic oxidation sites excluding steroid dienone is 2. The van der Waals surface area contributed by atoms with Crippen LogP contribution in [0, 0.1) is 11.3 Å². The van der Waals surface area contributed by atoms with E-state index < -0.39 is 10.1 Å². The summed E-state index contributed by atoms with van der Waals surface area (Å²) in [4.78, 5) is 0. The average molecular weight is 327 g/mol. The molecule has 0 bridgehead atoms. The molecular formula is C18H17NO3S. The van der Waals surface area contributed by atoms with E-state index in [-0.39, 0.29) is 11.7 Å². The summed E-state index contributed by atoms with van der Waals surface area (Å²) >= 11 is 0. The van der Waals surface area contributed by atoms with Crippen LogP contribution in [-0.4, -0.2) is 14.7 Å². The van der Waals surface area contributed by atoms with Gasteiger partial charge in [-0.15, -0.1) is 0 Å². The molecule has 2 aromatic rings. The normalized spacial score (nSPS) is 12.7. The Labute approximate surface area is 136 Å². The molecule has 2 rings (SSSR count). The van der Waals surface area contributed by atoms with E-state index in [1.807, 2.05) is 49.4 Å². The first-order valence-corrected chi connectivity index (χ1v) is 8.87. The van der Waals surface area contributed by atoms with Gasteiger partial charge in [-0.2, -0.15) is 13.7 Å². The molecule has 0 aliphatic heterocycles. The third kappa shape index (κ3) is 4.44. The van der Waals surface area contributed by atoms with Gasteiger partial charge in [0.15, 0.2) is 0 Å². The predicted molar refractivity (Wildman–Crippen MR) is 89.7 cm³/mol. The molecule has 5 heteroatoms. The summed E-state index contributed by atoms with van der Waals surface area (Å²) in [5, 5.41) is 9.14. The fourth-order valence-electron chi connectivity index (χ4n) is 2.35. The molecule has 0 N–H and O–H groups in total. The minimum Gasteiger partial charge on any atom is -0.382 e. The Morgan fingerprint density at radius 2 is 1.87 bits per heavy atom. The van der Waals surface area contributed by atoms with E-state index in [2.05, 4.69) is 6.07 Å². The van der Waals surface area contributed by atoms with E-state index in [1.165, 1.54) is 6.07 Å². The van der Waals surface area contributed by atoms with Crippen LogP contribution in [0.5, 0.6) is 5.75 Å². The molecule has 0 saturated heterocycles. The first-order valence-electron chi connectivity index (χ1n) is 7.06. The van der Waals surface area contributed by atoms with Crippen molar-refractivity contribution >= 4 is 10.1 Å². The van der Waals surface area contributed by atoms with E-state index in [9.17, 15) is 8.42 Å². The van der Waals surface area contributed by atoms with Crippen molar-refractivity contribution in [3.63, 3.8) is 0 Å². The highest BCUT2D eigenvalue weighted by Crippen LogP contribution is 2.34. The van der Waals surface area contributed by atoms with Gasteiger partial charge >= 0.3 is 10.1 Å². The minimum atomic E-state index is -3.66. The van der Waals surface area contributed by atoms with Crippen LogP contribution in [0.4, 0.5) is 0 Å². The van der Waals surface area contributed by atoms with Gasteiger partial charge < -0.3 is 4.18 Å². The van der Waals surface area contributed by atoms with Crippen LogP contribution in [-0.2, 0) is 10.1 Å². The third-order valence-electron chi connectivity index (χ3n) is 3.26. The van der Waals surface area contributed by atoms with Gasteiger partial charge in [0.1, 0.15) is 5.75 Å². The number of nitrogens with zero attached hydrogens (tertiary/aromatic N) is 1. The molecule has 0 amide bonds. The lowest BCUT2D eigenvalue weighted by molar-refractivity contribution is 0.489. The zero-order valence-electron chi connectivity index (χ0n) is 12.9. The molecular weight excluding hydrogens is 310 g/mol. The lowest BCUT2D eigenvalue weighted by atomic mass is 9.89. The van der Waals surface area contributed by atoms with Gasteiger partial charge in [-0.25, -0.2) is 0 Å². The van der Waals surface area contributed by atoms with Gasteiger partial charge in [-0.3, -0.25) is 0 Å². The number of benzene rings is 2. The summed E-state index contributed by atoms with van der Waals surface area (Å²) in [5.74, 6) is 0.0321. The van der Waals surface area contributed by atoms with Crippen molar-refractivity contribution in [3.05, 3.63) is 77.4 Å². The van der Waals surface area contributed by atoms with Crippen LogP contribution in [0.3, 0.4) is 0 Å². The van der Waals surface area contributed by atoms with Gasteiger partial charge in [0.05, 0.1) is 17.9 Å². The fourth-order valence-corrected chi connectivity index (χ4v) is 2.83. The Hall–Kier alpha value is -2.58. The number of rotatable bonds is 5. The number of nitriles is 1. The first-order chi connectivity index (χ1) is 10.9. The first kappa shape index (κ1) is 16.8. The topological polar surface area (TPSA) is 67.2 Å². The fraction of sp³-hybridized carbons (Fsp3) is 0.167. The maximum atomic E-state index is 11.5. The second-order valence-electron chi connectivity index (χ2n) is 5.07. The Bertz CT molecular complexity index is 850. The highest BCUT2D eigenvalue weighted by atomic mass is 32.2. The van der Waals surface area contributed by atoms with Crippen LogP contribution < -0.4 is 4.18 Å². The number of hydrogen-bond acceptors (Lipinski definition) is 4. The van der Waals surface area contributed by atoms with Crippen molar-refractivity contribution < 1.29 is 12.6 Å². The summed E-state index contributed by atoms with van der Waals surface area (Å²) in [7, 11) is -3.66. The van der Waals surface area contributed by atoms with Crippen molar-refractivity contribution in [2.24, 2.45) is 0 Å². The lowest BCUT2D eigenvalue weighted by Gasteiger charge is -2.18. The molecule has 0 radical (unpaired) electrons. The van der Waals surface area contributed by atoms with Crippen molar-refractivity contribution in [2.75, 3.05) is 6.26 Å². The van der Waals surface area contributed by atoms with E-state index in [0.29, 0.717) is 11.1 Å². The van der Waals surface area contributed by atoms with Crippen LogP contribution in [0.25, 0.3) is 0 Å². The van der Waals surface area contributed by atoms with E-state index in [1.54, 1.807) is 12.1 Å². The largest absolute Gasteiger partial charge is 0.382 e. The maximum Gasteiger partial charge on any atom is 0.306 e. The van der Waals surface area contributed by atoms with Crippen LogP contribution in [0.1, 0.15) is 29.5 Å². The molecule has 0 aromatic heterocycles. The van der Waals surface area contributed by atoms with E-state index in [4.69, 9.17) is 9.44 Å². The molecule has 4 nitrogen and oxygen atoms in total. The van der Waals surface area contributed by atoms with Crippen molar-refractivity contribution in [1.29, 1.82) is 5.26 Å². The standard InChI is InChI=1S/C18H17NO3S/c1-3-7-16(15-8-5-4-6-9-15)17-12-14(13-19)10-11-18(17)22-23(2,20)21/h3-12,16H,1-2H3/b7-3+. The summed E-state index contributed by atoms with van der Waals surface area (Å²) in [5.41, 5.74) is 2.07. The molecule has 0 heterocycles. The Morgan fingerprint density at radius 3 is 2.43 bits per heavy atom. The van der Waals surface area contributed by atoms with Crippen molar-refractivity contribution in [3.8, 4) is 11.8 Å². The zero-order chi connectivity index (χ0) is 16.9. The second kappa shape index (κ2) is 7.12. The van der Waals surface area contributed by atoms with E-state index >= 15 is 0 Å². The molecule has 0 aliphatic rings. The van der Waals surface area contributed by atoms with Crippen molar-refractivity contribution in [2.45, 2.75) is 12.8 Å². The Balaban J connectivity index is 2.63. The Kier molecular flexibility index (Phi) is 5.20. The second-order valence-corrected chi connectivity index (χ2v) is 6.64. The molecule has 118 valence electrons. The monoisotopic (exact) mass is 327 g/mol. The molecule has 0 spiro atoms. The molecule has 23 heavy (non-hydrogen) atoms. The number of hydrogen-bond donors (Lipinski definition) is 0. The predicted octanol–water partition coefficient (Wildman–Crippen LogP) is 3.60. The quantitative estimate of drug-likeness (QED) is 0.621. The van der Waals surface area contributed by atoms with Gasteiger partial charge in [0.2, 0.25) is 0 Å².